The van der Waals surface area contributed by atoms with Gasteiger partial charge in [-0.15, -0.1) is 0 Å². The Kier molecular flexibility index (Phi) is 18.7. The summed E-state index contributed by atoms with van der Waals surface area (Å²) in [6.07, 6.45) is 0. The minimum atomic E-state index is -4.00. The maximum atomic E-state index is 10.4. The Morgan fingerprint density at radius 2 is 0.792 bits per heavy atom. The van der Waals surface area contributed by atoms with Crippen molar-refractivity contribution in [3.8, 4) is 0 Å². The summed E-state index contributed by atoms with van der Waals surface area (Å²) in [5.41, 5.74) is 0. The van der Waals surface area contributed by atoms with Crippen LogP contribution in [0.4, 0.5) is 0 Å². The van der Waals surface area contributed by atoms with Crippen LogP contribution >= 0.6 is 0 Å². The Morgan fingerprint density at radius 1 is 0.583 bits per heavy atom. The second-order valence-electron chi connectivity index (χ2n) is 3.58. The average molecular weight is 653 g/mol. The van der Waals surface area contributed by atoms with Crippen LogP contribution < -0.4 is 0 Å². The maximum absolute atomic E-state index is 10.4. The predicted molar refractivity (Wildman–Crippen MR) is 80.7 cm³/mol. The van der Waals surface area contributed by atoms with Crippen molar-refractivity contribution in [2.24, 2.45) is 0 Å². The van der Waals surface area contributed by atoms with E-state index >= 15 is 0 Å². The fraction of sp³-hybridized carbons (Fsp3) is 0. The minimum Gasteiger partial charge on any atom is -0.282 e. The largest absolute Gasteiger partial charge is 0.294 e. The summed E-state index contributed by atoms with van der Waals surface area (Å²) in [5.74, 6) is 0. The monoisotopic (exact) mass is 648 g/mol. The first-order valence-electron chi connectivity index (χ1n) is 5.43. The number of benzene rings is 2. The summed E-state index contributed by atoms with van der Waals surface area (Å²) in [6, 6.07) is 14.8. The zero-order valence-electron chi connectivity index (χ0n) is 11.9. The van der Waals surface area contributed by atoms with Gasteiger partial charge in [0.1, 0.15) is 0 Å². The molecule has 12 heteroatoms. The van der Waals surface area contributed by atoms with Gasteiger partial charge in [0.25, 0.3) is 20.2 Å². The Labute approximate surface area is 211 Å². The van der Waals surface area contributed by atoms with Crippen molar-refractivity contribution in [1.82, 2.24) is 0 Å². The van der Waals surface area contributed by atoms with Crippen LogP contribution in [0.25, 0.3) is 0 Å². The van der Waals surface area contributed by atoms with E-state index in [-0.39, 0.29) is 91.5 Å². The minimum absolute atomic E-state index is 0. The Morgan fingerprint density at radius 3 is 0.917 bits per heavy atom. The van der Waals surface area contributed by atoms with Gasteiger partial charge in [0.2, 0.25) is 0 Å². The van der Waals surface area contributed by atoms with Gasteiger partial charge in [-0.1, -0.05) is 36.4 Å². The van der Waals surface area contributed by atoms with Crippen LogP contribution in [0.5, 0.6) is 0 Å². The van der Waals surface area contributed by atoms with E-state index < -0.39 is 20.2 Å². The number of hydrogen-bond donors (Lipinski definition) is 2. The maximum Gasteiger partial charge on any atom is 0.294 e. The molecule has 0 aliphatic rings. The van der Waals surface area contributed by atoms with Crippen LogP contribution in [-0.4, -0.2) is 30.1 Å². The Bertz CT molecular complexity index is 699. The topological polar surface area (TPSA) is 126 Å². The van der Waals surface area contributed by atoms with Gasteiger partial charge in [0.15, 0.2) is 12.5 Å². The van der Waals surface area contributed by atoms with Crippen LogP contribution in [0.2, 0.25) is 0 Å². The molecule has 0 bridgehead atoms. The van der Waals surface area contributed by atoms with Gasteiger partial charge in [-0.05, 0) is 24.3 Å². The van der Waals surface area contributed by atoms with Crippen molar-refractivity contribution < 1.29 is 112 Å². The first-order chi connectivity index (χ1) is 10.2. The van der Waals surface area contributed by atoms with E-state index in [1.54, 1.807) is 36.4 Å². The molecule has 0 aliphatic carbocycles. The molecule has 0 spiro atoms. The van der Waals surface area contributed by atoms with Gasteiger partial charge in [0.05, 0.1) is 9.79 Å². The van der Waals surface area contributed by atoms with E-state index in [1.165, 1.54) is 24.3 Å². The first kappa shape index (κ1) is 29.7. The van der Waals surface area contributed by atoms with Crippen molar-refractivity contribution in [1.29, 1.82) is 0 Å². The molecule has 0 aromatic heterocycles. The fourth-order valence-corrected chi connectivity index (χ4v) is 2.19. The second kappa shape index (κ2) is 15.1. The van der Waals surface area contributed by atoms with E-state index in [0.717, 1.165) is 0 Å². The van der Waals surface area contributed by atoms with Crippen molar-refractivity contribution >= 4 is 32.8 Å². The van der Waals surface area contributed by atoms with E-state index in [9.17, 15) is 16.8 Å². The molecule has 0 saturated carbocycles. The van der Waals surface area contributed by atoms with Crippen molar-refractivity contribution in [2.45, 2.75) is 9.79 Å². The molecular formula is C12H12Nd2O7S3. The third kappa shape index (κ3) is 13.2. The summed E-state index contributed by atoms with van der Waals surface area (Å²) in [4.78, 5) is -0.148. The van der Waals surface area contributed by atoms with Gasteiger partial charge in [0, 0.05) is 81.7 Å². The summed E-state index contributed by atoms with van der Waals surface area (Å²) >= 11 is 2.83. The molecule has 0 amide bonds. The SMILES string of the molecule is O=S.O=S(=O)(O)c1ccccc1.O=S(=O)(O)c1ccccc1.[Nd].[Nd]. The molecule has 0 heterocycles. The van der Waals surface area contributed by atoms with Crippen molar-refractivity contribution in [3.05, 3.63) is 60.7 Å². The molecule has 2 rings (SSSR count). The second-order valence-corrected chi connectivity index (χ2v) is 6.42. The van der Waals surface area contributed by atoms with Gasteiger partial charge < -0.3 is 0 Å². The Balaban J connectivity index is -0.000000310. The molecule has 2 N–H and O–H groups in total. The normalized spacial score (nSPS) is 9.58. The van der Waals surface area contributed by atoms with Gasteiger partial charge in [-0.25, -0.2) is 0 Å². The molecule has 7 nitrogen and oxygen atoms in total. The Hall–Kier alpha value is 0.981. The molecular weight excluding hydrogens is 641 g/mol. The average Bonchev–Trinajstić information content (AvgIpc) is 2.50. The van der Waals surface area contributed by atoms with Gasteiger partial charge in [-0.2, -0.15) is 21.0 Å². The zero-order chi connectivity index (χ0) is 17.2. The molecule has 0 aliphatic heterocycles. The van der Waals surface area contributed by atoms with Crippen molar-refractivity contribution in [2.75, 3.05) is 0 Å². The summed E-state index contributed by atoms with van der Waals surface area (Å²) in [7, 11) is -8.01. The molecule has 2 aromatic rings. The standard InChI is InChI=1S/2C6H6O3S.2Nd.OS/c2*7-10(8,9)6-4-2-1-3-5-6;;;1-2/h2*1-5H,(H,7,8,9);;;. The smallest absolute Gasteiger partial charge is 0.282 e. The third-order valence-electron chi connectivity index (χ3n) is 2.08. The molecule has 2 aromatic carbocycles. The third-order valence-corrected chi connectivity index (χ3v) is 3.82. The zero-order valence-corrected chi connectivity index (χ0v) is 20.8. The summed E-state index contributed by atoms with van der Waals surface area (Å²) in [5, 5.41) is 0. The molecule has 128 valence electrons. The van der Waals surface area contributed by atoms with Gasteiger partial charge >= 0.3 is 0 Å². The molecule has 0 fully saturated rings. The van der Waals surface area contributed by atoms with E-state index in [2.05, 4.69) is 12.5 Å². The van der Waals surface area contributed by atoms with Crippen molar-refractivity contribution in [3.63, 3.8) is 0 Å². The number of hydrogen-bond acceptors (Lipinski definition) is 6. The van der Waals surface area contributed by atoms with E-state index in [0.29, 0.717) is 0 Å². The van der Waals surface area contributed by atoms with Crippen LogP contribution in [0.3, 0.4) is 0 Å². The summed E-state index contributed by atoms with van der Waals surface area (Å²) < 4.78 is 66.3. The molecule has 24 heavy (non-hydrogen) atoms. The van der Waals surface area contributed by atoms with Crippen LogP contribution in [0.15, 0.2) is 70.5 Å². The predicted octanol–water partition coefficient (Wildman–Crippen LogP) is 1.53. The van der Waals surface area contributed by atoms with Crippen LogP contribution in [-0.2, 0) is 32.8 Å². The fourth-order valence-electron chi connectivity index (χ4n) is 1.18. The van der Waals surface area contributed by atoms with Gasteiger partial charge in [-0.3, -0.25) is 9.11 Å². The quantitative estimate of drug-likeness (QED) is 0.468. The number of rotatable bonds is 2. The first-order valence-corrected chi connectivity index (χ1v) is 8.64. The van der Waals surface area contributed by atoms with E-state index in [4.69, 9.17) is 13.3 Å². The van der Waals surface area contributed by atoms with E-state index in [1.807, 2.05) is 0 Å². The van der Waals surface area contributed by atoms with Crippen LogP contribution in [0, 0.1) is 81.7 Å². The van der Waals surface area contributed by atoms with Crippen LogP contribution in [0.1, 0.15) is 0 Å². The molecule has 0 atom stereocenters. The molecule has 0 unspecified atom stereocenters. The molecule has 0 radical (unpaired) electrons. The molecule has 0 saturated heterocycles. The summed E-state index contributed by atoms with van der Waals surface area (Å²) in [6.45, 7) is 0.